The van der Waals surface area contributed by atoms with Gasteiger partial charge in [0.1, 0.15) is 0 Å². The Balaban J connectivity index is 3.17. The quantitative estimate of drug-likeness (QED) is 0.386. The van der Waals surface area contributed by atoms with E-state index in [-0.39, 0.29) is 5.88 Å². The van der Waals surface area contributed by atoms with Gasteiger partial charge in [-0.05, 0) is 12.5 Å². The minimum atomic E-state index is -0.144. The second-order valence-electron chi connectivity index (χ2n) is 1.91. The van der Waals surface area contributed by atoms with Crippen molar-refractivity contribution < 1.29 is 15.0 Å². The van der Waals surface area contributed by atoms with Gasteiger partial charge in [0.05, 0.1) is 6.07 Å². The molecule has 1 heterocycles. The van der Waals surface area contributed by atoms with Crippen molar-refractivity contribution >= 4 is 0 Å². The van der Waals surface area contributed by atoms with Crippen LogP contribution in [0.2, 0.25) is 0 Å². The zero-order valence-electron chi connectivity index (χ0n) is 5.07. The fraction of sp³-hybridized carbons (Fsp3) is 0.167. The summed E-state index contributed by atoms with van der Waals surface area (Å²) < 4.78 is 0.660. The molecule has 0 atom stereocenters. The molecule has 0 aliphatic carbocycles. The van der Waals surface area contributed by atoms with Crippen LogP contribution in [-0.2, 0) is 0 Å². The maximum absolute atomic E-state index is 8.81. The molecular formula is C6H8NO2+. The second-order valence-corrected chi connectivity index (χ2v) is 1.91. The Hall–Kier alpha value is -1.25. The first-order chi connectivity index (χ1) is 4.20. The monoisotopic (exact) mass is 126 g/mol. The fourth-order valence-electron chi connectivity index (χ4n) is 0.582. The van der Waals surface area contributed by atoms with E-state index >= 15 is 0 Å². The van der Waals surface area contributed by atoms with Crippen molar-refractivity contribution in [1.82, 2.24) is 0 Å². The Morgan fingerprint density at radius 2 is 2.22 bits per heavy atom. The summed E-state index contributed by atoms with van der Waals surface area (Å²) in [5.74, 6) is -0.144. The molecule has 1 aromatic rings. The molecule has 48 valence electrons. The van der Waals surface area contributed by atoms with Crippen molar-refractivity contribution in [1.29, 1.82) is 0 Å². The molecule has 3 heteroatoms. The third-order valence-corrected chi connectivity index (χ3v) is 1.07. The fourth-order valence-corrected chi connectivity index (χ4v) is 0.582. The largest absolute Gasteiger partial charge is 0.457 e. The summed E-state index contributed by atoms with van der Waals surface area (Å²) in [4.78, 5) is 0. The standard InChI is InChI=1S/C6H7NO2/c1-5-2-3-7(9)6(8)4-5/h2-4,9H,1H3/p+1. The molecule has 0 saturated carbocycles. The SMILES string of the molecule is Cc1cc[n+](O)c(O)c1. The highest BCUT2D eigenvalue weighted by Gasteiger charge is 2.04. The highest BCUT2D eigenvalue weighted by Crippen LogP contribution is 2.01. The van der Waals surface area contributed by atoms with Gasteiger partial charge in [0, 0.05) is 10.8 Å². The van der Waals surface area contributed by atoms with Crippen molar-refractivity contribution in [3.05, 3.63) is 23.9 Å². The number of aromatic hydroxyl groups is 1. The lowest BCUT2D eigenvalue weighted by molar-refractivity contribution is -0.907. The van der Waals surface area contributed by atoms with E-state index in [0.29, 0.717) is 4.73 Å². The van der Waals surface area contributed by atoms with Crippen molar-refractivity contribution in [3.63, 3.8) is 0 Å². The van der Waals surface area contributed by atoms with Crippen LogP contribution in [0.5, 0.6) is 5.88 Å². The lowest BCUT2D eigenvalue weighted by atomic mass is 10.3. The Kier molecular flexibility index (Phi) is 1.26. The van der Waals surface area contributed by atoms with Crippen molar-refractivity contribution in [2.75, 3.05) is 0 Å². The van der Waals surface area contributed by atoms with E-state index < -0.39 is 0 Å². The molecule has 0 fully saturated rings. The molecule has 3 nitrogen and oxygen atoms in total. The molecule has 0 radical (unpaired) electrons. The van der Waals surface area contributed by atoms with Crippen molar-refractivity contribution in [3.8, 4) is 5.88 Å². The number of aryl methyl sites for hydroxylation is 1. The van der Waals surface area contributed by atoms with Gasteiger partial charge in [0.15, 0.2) is 0 Å². The first-order valence-electron chi connectivity index (χ1n) is 2.60. The third-order valence-electron chi connectivity index (χ3n) is 1.07. The number of pyridine rings is 1. The van der Waals surface area contributed by atoms with E-state index in [9.17, 15) is 0 Å². The average molecular weight is 126 g/mol. The average Bonchev–Trinajstić information content (AvgIpc) is 1.80. The number of aromatic nitrogens is 1. The zero-order valence-corrected chi connectivity index (χ0v) is 5.07. The van der Waals surface area contributed by atoms with Gasteiger partial charge in [-0.15, -0.1) is 0 Å². The normalized spacial score (nSPS) is 9.44. The topological polar surface area (TPSA) is 44.3 Å². The molecule has 9 heavy (non-hydrogen) atoms. The van der Waals surface area contributed by atoms with Gasteiger partial charge in [-0.1, -0.05) is 0 Å². The molecule has 2 N–H and O–H groups in total. The van der Waals surface area contributed by atoms with Crippen LogP contribution >= 0.6 is 0 Å². The first-order valence-corrected chi connectivity index (χ1v) is 2.60. The molecule has 0 saturated heterocycles. The minimum absolute atomic E-state index is 0.144. The molecule has 0 spiro atoms. The summed E-state index contributed by atoms with van der Waals surface area (Å²) in [6.07, 6.45) is 1.38. The van der Waals surface area contributed by atoms with Crippen LogP contribution in [0.3, 0.4) is 0 Å². The Morgan fingerprint density at radius 1 is 1.56 bits per heavy atom. The molecule has 0 aromatic carbocycles. The van der Waals surface area contributed by atoms with Gasteiger partial charge < -0.3 is 5.11 Å². The van der Waals surface area contributed by atoms with Crippen molar-refractivity contribution in [2.24, 2.45) is 0 Å². The van der Waals surface area contributed by atoms with E-state index in [1.54, 1.807) is 6.07 Å². The number of rotatable bonds is 0. The van der Waals surface area contributed by atoms with E-state index in [4.69, 9.17) is 10.3 Å². The van der Waals surface area contributed by atoms with E-state index in [1.165, 1.54) is 12.3 Å². The number of hydrogen-bond donors (Lipinski definition) is 2. The van der Waals surface area contributed by atoms with Crippen LogP contribution < -0.4 is 4.73 Å². The van der Waals surface area contributed by atoms with Crippen LogP contribution in [-0.4, -0.2) is 10.3 Å². The third kappa shape index (κ3) is 1.10. The van der Waals surface area contributed by atoms with Gasteiger partial charge in [-0.3, -0.25) is 5.21 Å². The summed E-state index contributed by atoms with van der Waals surface area (Å²) in [6.45, 7) is 1.83. The summed E-state index contributed by atoms with van der Waals surface area (Å²) in [7, 11) is 0. The number of hydrogen-bond acceptors (Lipinski definition) is 2. The Bertz CT molecular complexity index is 222. The lowest BCUT2D eigenvalue weighted by Gasteiger charge is -1.87. The second kappa shape index (κ2) is 1.93. The molecule has 0 aliphatic heterocycles. The molecule has 0 amide bonds. The lowest BCUT2D eigenvalue weighted by Crippen LogP contribution is -2.28. The first kappa shape index (κ1) is 5.88. The van der Waals surface area contributed by atoms with Gasteiger partial charge >= 0.3 is 5.88 Å². The number of nitrogens with zero attached hydrogens (tertiary/aromatic N) is 1. The van der Waals surface area contributed by atoms with Crippen LogP contribution in [0.1, 0.15) is 5.56 Å². The maximum atomic E-state index is 8.81. The summed E-state index contributed by atoms with van der Waals surface area (Å²) in [6, 6.07) is 3.17. The van der Waals surface area contributed by atoms with E-state index in [2.05, 4.69) is 0 Å². The van der Waals surface area contributed by atoms with E-state index in [1.807, 2.05) is 6.92 Å². The van der Waals surface area contributed by atoms with Crippen LogP contribution in [0.25, 0.3) is 0 Å². The molecule has 0 aliphatic rings. The minimum Gasteiger partial charge on any atom is -0.457 e. The van der Waals surface area contributed by atoms with Crippen molar-refractivity contribution in [2.45, 2.75) is 6.92 Å². The molecular weight excluding hydrogens is 118 g/mol. The Morgan fingerprint density at radius 3 is 2.67 bits per heavy atom. The van der Waals surface area contributed by atoms with Gasteiger partial charge in [0.25, 0.3) is 0 Å². The predicted octanol–water partition coefficient (Wildman–Crippen LogP) is 0.225. The highest BCUT2D eigenvalue weighted by molar-refractivity contribution is 5.12. The maximum Gasteiger partial charge on any atom is 0.414 e. The molecule has 0 unspecified atom stereocenters. The van der Waals surface area contributed by atoms with Crippen LogP contribution in [0.15, 0.2) is 18.3 Å². The van der Waals surface area contributed by atoms with E-state index in [0.717, 1.165) is 5.56 Å². The summed E-state index contributed by atoms with van der Waals surface area (Å²) >= 11 is 0. The highest BCUT2D eigenvalue weighted by atomic mass is 16.5. The smallest absolute Gasteiger partial charge is 0.414 e. The summed E-state index contributed by atoms with van der Waals surface area (Å²) in [5, 5.41) is 17.5. The molecule has 1 rings (SSSR count). The molecule has 0 bridgehead atoms. The zero-order chi connectivity index (χ0) is 6.85. The summed E-state index contributed by atoms with van der Waals surface area (Å²) in [5.41, 5.74) is 0.915. The molecule has 1 aromatic heterocycles. The van der Waals surface area contributed by atoms with Crippen LogP contribution in [0, 0.1) is 6.92 Å². The van der Waals surface area contributed by atoms with Gasteiger partial charge in [-0.25, -0.2) is 0 Å². The predicted molar refractivity (Wildman–Crippen MR) is 30.2 cm³/mol. The Labute approximate surface area is 52.8 Å². The van der Waals surface area contributed by atoms with Crippen LogP contribution in [0.4, 0.5) is 0 Å². The van der Waals surface area contributed by atoms with Gasteiger partial charge in [0.2, 0.25) is 6.20 Å². The van der Waals surface area contributed by atoms with Gasteiger partial charge in [-0.2, -0.15) is 0 Å².